The lowest BCUT2D eigenvalue weighted by Crippen LogP contribution is -2.55. The molecule has 1 heterocycles. The quantitative estimate of drug-likeness (QED) is 0.904. The molecule has 1 aromatic carbocycles. The molecule has 2 unspecified atom stereocenters. The first-order valence-corrected chi connectivity index (χ1v) is 5.75. The van der Waals surface area contributed by atoms with Crippen molar-refractivity contribution in [3.63, 3.8) is 0 Å². The van der Waals surface area contributed by atoms with Crippen molar-refractivity contribution in [3.05, 3.63) is 36.1 Å². The van der Waals surface area contributed by atoms with E-state index in [1.165, 1.54) is 38.4 Å². The zero-order chi connectivity index (χ0) is 14.3. The Hall–Kier alpha value is -1.53. The van der Waals surface area contributed by atoms with Crippen LogP contribution < -0.4 is 5.32 Å². The second-order valence-electron chi connectivity index (χ2n) is 4.45. The van der Waals surface area contributed by atoms with Crippen molar-refractivity contribution < 1.29 is 22.7 Å². The van der Waals surface area contributed by atoms with Crippen LogP contribution in [-0.4, -0.2) is 24.4 Å². The number of halogens is 3. The number of aliphatic hydroxyl groups is 1. The predicted octanol–water partition coefficient (Wildman–Crippen LogP) is 2.79. The molecule has 104 valence electrons. The van der Waals surface area contributed by atoms with Crippen LogP contribution in [0.25, 0.3) is 11.0 Å². The second kappa shape index (κ2) is 4.54. The highest BCUT2D eigenvalue weighted by Gasteiger charge is 2.58. The van der Waals surface area contributed by atoms with Gasteiger partial charge in [-0.1, -0.05) is 6.07 Å². The number of hydrogen-bond acceptors (Lipinski definition) is 3. The van der Waals surface area contributed by atoms with Crippen molar-refractivity contribution in [1.82, 2.24) is 5.32 Å². The number of benzene rings is 1. The van der Waals surface area contributed by atoms with Crippen LogP contribution in [0.1, 0.15) is 12.5 Å². The summed E-state index contributed by atoms with van der Waals surface area (Å²) in [6, 6.07) is 4.31. The van der Waals surface area contributed by atoms with Crippen molar-refractivity contribution in [1.29, 1.82) is 0 Å². The lowest BCUT2D eigenvalue weighted by molar-refractivity contribution is -0.275. The van der Waals surface area contributed by atoms with E-state index in [2.05, 4.69) is 5.32 Å². The van der Waals surface area contributed by atoms with E-state index in [1.54, 1.807) is 6.07 Å². The summed E-state index contributed by atoms with van der Waals surface area (Å²) in [5.74, 6) is 0. The molecule has 0 amide bonds. The third kappa shape index (κ3) is 2.11. The topological polar surface area (TPSA) is 45.4 Å². The van der Waals surface area contributed by atoms with E-state index in [4.69, 9.17) is 4.42 Å². The number of alkyl halides is 3. The van der Waals surface area contributed by atoms with Crippen LogP contribution in [0.4, 0.5) is 13.2 Å². The van der Waals surface area contributed by atoms with E-state index in [9.17, 15) is 18.3 Å². The van der Waals surface area contributed by atoms with Gasteiger partial charge in [-0.25, -0.2) is 0 Å². The molecule has 0 saturated carbocycles. The minimum Gasteiger partial charge on any atom is -0.464 e. The number of likely N-dealkylation sites (N-methyl/N-ethyl adjacent to an activating group) is 1. The Morgan fingerprint density at radius 3 is 2.53 bits per heavy atom. The fourth-order valence-electron chi connectivity index (χ4n) is 2.07. The molecular weight excluding hydrogens is 259 g/mol. The van der Waals surface area contributed by atoms with Gasteiger partial charge in [0.25, 0.3) is 0 Å². The largest absolute Gasteiger partial charge is 0.464 e. The summed E-state index contributed by atoms with van der Waals surface area (Å²) < 4.78 is 44.8. The van der Waals surface area contributed by atoms with Gasteiger partial charge in [0.2, 0.25) is 5.60 Å². The van der Waals surface area contributed by atoms with E-state index in [0.717, 1.165) is 0 Å². The van der Waals surface area contributed by atoms with Crippen LogP contribution in [0, 0.1) is 0 Å². The third-order valence-electron chi connectivity index (χ3n) is 3.38. The number of hydrogen-bond donors (Lipinski definition) is 2. The van der Waals surface area contributed by atoms with Crippen LogP contribution in [0.5, 0.6) is 0 Å². The van der Waals surface area contributed by atoms with E-state index in [0.29, 0.717) is 11.0 Å². The number of rotatable bonds is 3. The van der Waals surface area contributed by atoms with Gasteiger partial charge in [-0.05, 0) is 37.7 Å². The maximum Gasteiger partial charge on any atom is 0.422 e. The van der Waals surface area contributed by atoms with Crippen LogP contribution in [-0.2, 0) is 5.60 Å². The fourth-order valence-corrected chi connectivity index (χ4v) is 2.07. The van der Waals surface area contributed by atoms with Gasteiger partial charge in [-0.3, -0.25) is 0 Å². The van der Waals surface area contributed by atoms with Crippen LogP contribution in [0.2, 0.25) is 0 Å². The maximum absolute atomic E-state index is 13.2. The molecular formula is C13H14F3NO2. The van der Waals surface area contributed by atoms with Gasteiger partial charge < -0.3 is 14.8 Å². The van der Waals surface area contributed by atoms with E-state index in [-0.39, 0.29) is 5.56 Å². The van der Waals surface area contributed by atoms with Crippen molar-refractivity contribution in [2.24, 2.45) is 0 Å². The second-order valence-corrected chi connectivity index (χ2v) is 4.45. The summed E-state index contributed by atoms with van der Waals surface area (Å²) >= 11 is 0. The van der Waals surface area contributed by atoms with E-state index < -0.39 is 17.8 Å². The molecule has 2 aromatic rings. The SMILES string of the molecule is CNC(C)C(O)(c1ccc2occc2c1)C(F)(F)F. The number of furan rings is 1. The Labute approximate surface area is 108 Å². The molecule has 3 nitrogen and oxygen atoms in total. The minimum absolute atomic E-state index is 0.212. The molecule has 0 aliphatic carbocycles. The summed E-state index contributed by atoms with van der Waals surface area (Å²) in [5.41, 5.74) is -2.69. The minimum atomic E-state index is -4.78. The Morgan fingerprint density at radius 2 is 1.95 bits per heavy atom. The van der Waals surface area contributed by atoms with Gasteiger partial charge in [0.1, 0.15) is 5.58 Å². The van der Waals surface area contributed by atoms with Crippen LogP contribution in [0.15, 0.2) is 34.9 Å². The molecule has 2 N–H and O–H groups in total. The molecule has 0 aliphatic rings. The van der Waals surface area contributed by atoms with Gasteiger partial charge in [0.15, 0.2) is 0 Å². The van der Waals surface area contributed by atoms with Crippen molar-refractivity contribution in [3.8, 4) is 0 Å². The molecule has 1 aromatic heterocycles. The fraction of sp³-hybridized carbons (Fsp3) is 0.385. The van der Waals surface area contributed by atoms with Crippen molar-refractivity contribution >= 4 is 11.0 Å². The van der Waals surface area contributed by atoms with Gasteiger partial charge in [0, 0.05) is 11.4 Å². The van der Waals surface area contributed by atoms with Gasteiger partial charge in [-0.15, -0.1) is 0 Å². The van der Waals surface area contributed by atoms with Gasteiger partial charge in [0.05, 0.1) is 6.26 Å². The van der Waals surface area contributed by atoms with E-state index in [1.807, 2.05) is 0 Å². The summed E-state index contributed by atoms with van der Waals surface area (Å²) in [6.07, 6.45) is -3.39. The molecule has 0 bridgehead atoms. The molecule has 0 fully saturated rings. The summed E-state index contributed by atoms with van der Waals surface area (Å²) in [7, 11) is 1.37. The van der Waals surface area contributed by atoms with Crippen LogP contribution >= 0.6 is 0 Å². The lowest BCUT2D eigenvalue weighted by atomic mass is 9.86. The normalized spacial score (nSPS) is 17.4. The first-order chi connectivity index (χ1) is 8.80. The summed E-state index contributed by atoms with van der Waals surface area (Å²) in [4.78, 5) is 0. The maximum atomic E-state index is 13.2. The zero-order valence-corrected chi connectivity index (χ0v) is 10.5. The lowest BCUT2D eigenvalue weighted by Gasteiger charge is -2.36. The molecule has 19 heavy (non-hydrogen) atoms. The Morgan fingerprint density at radius 1 is 1.26 bits per heavy atom. The summed E-state index contributed by atoms with van der Waals surface area (Å²) in [6.45, 7) is 1.28. The summed E-state index contributed by atoms with van der Waals surface area (Å²) in [5, 5.41) is 13.1. The Kier molecular flexibility index (Phi) is 3.32. The Balaban J connectivity index is 2.60. The molecule has 0 aliphatic heterocycles. The highest BCUT2D eigenvalue weighted by atomic mass is 19.4. The highest BCUT2D eigenvalue weighted by molar-refractivity contribution is 5.78. The monoisotopic (exact) mass is 273 g/mol. The standard InChI is InChI=1S/C13H14F3NO2/c1-8(17-2)12(18,13(14,15)16)10-3-4-11-9(7-10)5-6-19-11/h3-8,17-18H,1-2H3. The number of nitrogens with one attached hydrogen (secondary N) is 1. The Bertz CT molecular complexity index is 579. The van der Waals surface area contributed by atoms with E-state index >= 15 is 0 Å². The molecule has 0 saturated heterocycles. The van der Waals surface area contributed by atoms with Gasteiger partial charge in [-0.2, -0.15) is 13.2 Å². The first-order valence-electron chi connectivity index (χ1n) is 5.75. The van der Waals surface area contributed by atoms with Crippen molar-refractivity contribution in [2.75, 3.05) is 7.05 Å². The molecule has 2 atom stereocenters. The molecule has 2 rings (SSSR count). The zero-order valence-electron chi connectivity index (χ0n) is 10.5. The predicted molar refractivity (Wildman–Crippen MR) is 64.7 cm³/mol. The smallest absolute Gasteiger partial charge is 0.422 e. The third-order valence-corrected chi connectivity index (χ3v) is 3.38. The average molecular weight is 273 g/mol. The molecule has 6 heteroatoms. The molecule has 0 radical (unpaired) electrons. The number of fused-ring (bicyclic) bond motifs is 1. The van der Waals surface area contributed by atoms with Crippen LogP contribution in [0.3, 0.4) is 0 Å². The first kappa shape index (κ1) is 13.9. The molecule has 0 spiro atoms. The highest BCUT2D eigenvalue weighted by Crippen LogP contribution is 2.42. The average Bonchev–Trinajstić information content (AvgIpc) is 2.82. The van der Waals surface area contributed by atoms with Crippen molar-refractivity contribution in [2.45, 2.75) is 24.7 Å². The van der Waals surface area contributed by atoms with Gasteiger partial charge >= 0.3 is 6.18 Å².